The molecule has 1 amide bonds. The van der Waals surface area contributed by atoms with E-state index in [0.29, 0.717) is 41.6 Å². The van der Waals surface area contributed by atoms with Gasteiger partial charge in [-0.15, -0.1) is 0 Å². The average molecular weight is 513 g/mol. The zero-order valence-electron chi connectivity index (χ0n) is 21.8. The minimum atomic E-state index is -0.299. The van der Waals surface area contributed by atoms with Crippen LogP contribution in [0.25, 0.3) is 22.2 Å². The monoisotopic (exact) mass is 512 g/mol. The van der Waals surface area contributed by atoms with Gasteiger partial charge in [-0.1, -0.05) is 25.2 Å². The first-order valence-electron chi connectivity index (χ1n) is 12.7. The number of carbonyl (C=O) groups is 1. The molecule has 0 aliphatic heterocycles. The highest BCUT2D eigenvalue weighted by molar-refractivity contribution is 6.04. The summed E-state index contributed by atoms with van der Waals surface area (Å²) in [6.45, 7) is 4.20. The van der Waals surface area contributed by atoms with Crippen LogP contribution < -0.4 is 15.6 Å². The molecule has 5 rings (SSSR count). The molecule has 1 aliphatic rings. The first-order valence-corrected chi connectivity index (χ1v) is 12.7. The van der Waals surface area contributed by atoms with Gasteiger partial charge in [0, 0.05) is 29.8 Å². The number of fused-ring (bicyclic) bond motifs is 1. The van der Waals surface area contributed by atoms with E-state index in [2.05, 4.69) is 50.4 Å². The molecule has 196 valence electrons. The maximum absolute atomic E-state index is 12.9. The Hall–Kier alpha value is -4.37. The Balaban J connectivity index is 1.29. The zero-order valence-corrected chi connectivity index (χ0v) is 21.8. The molecule has 38 heavy (non-hydrogen) atoms. The zero-order chi connectivity index (χ0) is 26.6. The molecule has 0 saturated heterocycles. The van der Waals surface area contributed by atoms with Gasteiger partial charge in [0.15, 0.2) is 0 Å². The van der Waals surface area contributed by atoms with Crippen molar-refractivity contribution < 1.29 is 9.53 Å². The van der Waals surface area contributed by atoms with Gasteiger partial charge < -0.3 is 24.9 Å². The number of hydrogen-bond donors (Lipinski definition) is 3. The van der Waals surface area contributed by atoms with Crippen molar-refractivity contribution in [3.05, 3.63) is 88.6 Å². The van der Waals surface area contributed by atoms with Gasteiger partial charge in [0.1, 0.15) is 12.4 Å². The van der Waals surface area contributed by atoms with Crippen LogP contribution in [0.5, 0.6) is 5.75 Å². The normalized spacial score (nSPS) is 15.2. The van der Waals surface area contributed by atoms with Gasteiger partial charge in [0.25, 0.3) is 11.5 Å². The molecule has 9 nitrogen and oxygen atoms in total. The fourth-order valence-electron chi connectivity index (χ4n) is 4.29. The Morgan fingerprint density at radius 3 is 2.92 bits per heavy atom. The lowest BCUT2D eigenvalue weighted by atomic mass is 9.99. The van der Waals surface area contributed by atoms with E-state index in [1.54, 1.807) is 23.1 Å². The topological polar surface area (TPSA) is 108 Å². The summed E-state index contributed by atoms with van der Waals surface area (Å²) in [7, 11) is 4.00. The van der Waals surface area contributed by atoms with Gasteiger partial charge >= 0.3 is 0 Å². The molecule has 0 radical (unpaired) electrons. The van der Waals surface area contributed by atoms with Gasteiger partial charge in [-0.05, 0) is 62.3 Å². The maximum Gasteiger partial charge on any atom is 0.258 e. The lowest BCUT2D eigenvalue weighted by molar-refractivity contribution is 0.102. The molecule has 3 N–H and O–H groups in total. The highest BCUT2D eigenvalue weighted by Crippen LogP contribution is 2.27. The van der Waals surface area contributed by atoms with E-state index >= 15 is 0 Å². The molecule has 4 aromatic rings. The van der Waals surface area contributed by atoms with Gasteiger partial charge in [-0.25, -0.2) is 0 Å². The number of ether oxygens (including phenoxy) is 1. The minimum Gasteiger partial charge on any atom is -0.492 e. The van der Waals surface area contributed by atoms with Crippen LogP contribution in [0.3, 0.4) is 0 Å². The second-order valence-corrected chi connectivity index (χ2v) is 9.95. The number of pyridine rings is 1. The van der Waals surface area contributed by atoms with E-state index in [-0.39, 0.29) is 11.5 Å². The van der Waals surface area contributed by atoms with Crippen molar-refractivity contribution in [3.63, 3.8) is 0 Å². The summed E-state index contributed by atoms with van der Waals surface area (Å²) >= 11 is 0. The standard InChI is InChI=1S/C29H32N6O3/c1-19-4-6-20(7-5-19)17-35-18-22(15-31-35)28(36)32-23-14-25(29(37)30-16-23)27-13-21-12-24(8-9-26(21)33-27)38-11-10-34(2)3/h4,6-9,12-16,18-19,33H,5,10-11,17H2,1-3H3,(H,30,37)(H,32,36). The van der Waals surface area contributed by atoms with Gasteiger partial charge in [-0.2, -0.15) is 5.10 Å². The van der Waals surface area contributed by atoms with Crippen molar-refractivity contribution in [2.24, 2.45) is 5.92 Å². The number of nitrogens with one attached hydrogen (secondary N) is 3. The number of anilines is 1. The van der Waals surface area contributed by atoms with E-state index in [4.69, 9.17) is 4.74 Å². The number of carbonyl (C=O) groups excluding carboxylic acids is 1. The Kier molecular flexibility index (Phi) is 7.28. The van der Waals surface area contributed by atoms with Crippen molar-refractivity contribution in [1.29, 1.82) is 0 Å². The first-order chi connectivity index (χ1) is 18.3. The number of aromatic nitrogens is 4. The van der Waals surface area contributed by atoms with Gasteiger partial charge in [0.05, 0.1) is 35.2 Å². The van der Waals surface area contributed by atoms with Crippen LogP contribution in [-0.4, -0.2) is 57.8 Å². The van der Waals surface area contributed by atoms with Crippen molar-refractivity contribution in [2.45, 2.75) is 19.9 Å². The Labute approximate surface area is 220 Å². The van der Waals surface area contributed by atoms with Crippen LogP contribution in [0.4, 0.5) is 5.69 Å². The third-order valence-corrected chi connectivity index (χ3v) is 6.48. The smallest absolute Gasteiger partial charge is 0.258 e. The summed E-state index contributed by atoms with van der Waals surface area (Å²) in [5.74, 6) is 1.02. The lowest BCUT2D eigenvalue weighted by Crippen LogP contribution is -2.19. The maximum atomic E-state index is 12.9. The predicted molar refractivity (Wildman–Crippen MR) is 150 cm³/mol. The second-order valence-electron chi connectivity index (χ2n) is 9.95. The molecule has 1 aliphatic carbocycles. The molecule has 3 aromatic heterocycles. The highest BCUT2D eigenvalue weighted by Gasteiger charge is 2.14. The molecule has 1 unspecified atom stereocenters. The summed E-state index contributed by atoms with van der Waals surface area (Å²) in [4.78, 5) is 33.6. The van der Waals surface area contributed by atoms with Crippen LogP contribution in [0.15, 0.2) is 77.5 Å². The molecule has 0 bridgehead atoms. The SMILES string of the molecule is CC1C=CC(Cn2cc(C(=O)Nc3c[nH]c(=O)c(-c4cc5cc(OCCN(C)C)ccc5[nH]4)c3)cn2)=CC1. The van der Waals surface area contributed by atoms with Gasteiger partial charge in [-0.3, -0.25) is 14.3 Å². The van der Waals surface area contributed by atoms with Crippen LogP contribution >= 0.6 is 0 Å². The summed E-state index contributed by atoms with van der Waals surface area (Å²) in [6, 6.07) is 9.35. The molecule has 1 atom stereocenters. The summed E-state index contributed by atoms with van der Waals surface area (Å²) in [5.41, 5.74) is 3.81. The largest absolute Gasteiger partial charge is 0.492 e. The van der Waals surface area contributed by atoms with E-state index in [9.17, 15) is 9.59 Å². The molecule has 3 heterocycles. The fourth-order valence-corrected chi connectivity index (χ4v) is 4.29. The second kappa shape index (κ2) is 10.9. The van der Waals surface area contributed by atoms with Crippen molar-refractivity contribution in [2.75, 3.05) is 32.6 Å². The number of hydrogen-bond acceptors (Lipinski definition) is 5. The Bertz CT molecular complexity index is 1570. The number of rotatable bonds is 9. The molecular weight excluding hydrogens is 480 g/mol. The molecule has 9 heteroatoms. The van der Waals surface area contributed by atoms with Crippen molar-refractivity contribution in [1.82, 2.24) is 24.6 Å². The van der Waals surface area contributed by atoms with Crippen LogP contribution in [0.2, 0.25) is 0 Å². The third-order valence-electron chi connectivity index (χ3n) is 6.48. The Morgan fingerprint density at radius 2 is 2.13 bits per heavy atom. The number of nitrogens with zero attached hydrogens (tertiary/aromatic N) is 3. The number of aromatic amines is 2. The summed E-state index contributed by atoms with van der Waals surface area (Å²) in [5, 5.41) is 8.13. The number of likely N-dealkylation sites (N-methyl/N-ethyl adjacent to an activating group) is 1. The number of H-pyrrole nitrogens is 2. The van der Waals surface area contributed by atoms with E-state index < -0.39 is 0 Å². The molecule has 0 fully saturated rings. The summed E-state index contributed by atoms with van der Waals surface area (Å²) < 4.78 is 7.59. The average Bonchev–Trinajstić information content (AvgIpc) is 3.53. The van der Waals surface area contributed by atoms with E-state index in [1.807, 2.05) is 38.4 Å². The lowest BCUT2D eigenvalue weighted by Gasteiger charge is -2.11. The minimum absolute atomic E-state index is 0.257. The van der Waals surface area contributed by atoms with Crippen LogP contribution in [0, 0.1) is 5.92 Å². The molecule has 0 saturated carbocycles. The van der Waals surface area contributed by atoms with Crippen molar-refractivity contribution in [3.8, 4) is 17.0 Å². The fraction of sp³-hybridized carbons (Fsp3) is 0.276. The van der Waals surface area contributed by atoms with Gasteiger partial charge in [0.2, 0.25) is 0 Å². The number of amides is 1. The third kappa shape index (κ3) is 5.95. The molecule has 1 aromatic carbocycles. The number of allylic oxidation sites excluding steroid dienone is 4. The van der Waals surface area contributed by atoms with E-state index in [0.717, 1.165) is 29.6 Å². The molecular formula is C29H32N6O3. The van der Waals surface area contributed by atoms with Crippen molar-refractivity contribution >= 4 is 22.5 Å². The quantitative estimate of drug-likeness (QED) is 0.307. The first kappa shape index (κ1) is 25.3. The Morgan fingerprint density at radius 1 is 1.26 bits per heavy atom. The van der Waals surface area contributed by atoms with Crippen LogP contribution in [-0.2, 0) is 6.54 Å². The van der Waals surface area contributed by atoms with E-state index in [1.165, 1.54) is 11.8 Å². The predicted octanol–water partition coefficient (Wildman–Crippen LogP) is 4.43. The van der Waals surface area contributed by atoms with Crippen LogP contribution in [0.1, 0.15) is 23.7 Å². The highest BCUT2D eigenvalue weighted by atomic mass is 16.5. The summed E-state index contributed by atoms with van der Waals surface area (Å²) in [6.07, 6.45) is 12.3. The molecule has 0 spiro atoms. The number of benzene rings is 1.